The molecule has 0 bridgehead atoms. The van der Waals surface area contributed by atoms with Gasteiger partial charge in [0.25, 0.3) is 11.6 Å². The zero-order chi connectivity index (χ0) is 18.0. The van der Waals surface area contributed by atoms with Crippen LogP contribution in [0.3, 0.4) is 0 Å². The number of carbonyl (C=O) groups excluding carboxylic acids is 1. The highest BCUT2D eigenvalue weighted by atomic mass is 35.5. The number of hydrogen-bond donors (Lipinski definition) is 1. The number of nitro benzene ring substituents is 1. The SMILES string of the molecule is O=C(Nc1nc(-c2cccc([N+](=O)[O-])c2)cs1)c1cc(Cl)ccc1F. The number of nitrogens with one attached hydrogen (secondary N) is 1. The minimum atomic E-state index is -0.697. The third-order valence-electron chi connectivity index (χ3n) is 3.25. The number of rotatable bonds is 4. The average molecular weight is 378 g/mol. The molecule has 25 heavy (non-hydrogen) atoms. The van der Waals surface area contributed by atoms with Crippen LogP contribution in [0.4, 0.5) is 15.2 Å². The van der Waals surface area contributed by atoms with Crippen LogP contribution in [-0.2, 0) is 0 Å². The Morgan fingerprint density at radius 1 is 1.28 bits per heavy atom. The van der Waals surface area contributed by atoms with Gasteiger partial charge in [-0.1, -0.05) is 23.7 Å². The van der Waals surface area contributed by atoms with Gasteiger partial charge in [-0.15, -0.1) is 11.3 Å². The molecule has 3 rings (SSSR count). The molecule has 1 N–H and O–H groups in total. The third kappa shape index (κ3) is 3.81. The topological polar surface area (TPSA) is 85.1 Å². The maximum absolute atomic E-state index is 13.7. The van der Waals surface area contributed by atoms with E-state index in [0.717, 1.165) is 17.4 Å². The molecular weight excluding hydrogens is 369 g/mol. The molecule has 1 heterocycles. The molecule has 0 aliphatic carbocycles. The van der Waals surface area contributed by atoms with Crippen LogP contribution >= 0.6 is 22.9 Å². The molecule has 1 amide bonds. The molecular formula is C16H9ClFN3O3S. The van der Waals surface area contributed by atoms with Crippen LogP contribution in [0, 0.1) is 15.9 Å². The van der Waals surface area contributed by atoms with Crippen molar-refractivity contribution in [2.45, 2.75) is 0 Å². The zero-order valence-electron chi connectivity index (χ0n) is 12.4. The van der Waals surface area contributed by atoms with Crippen molar-refractivity contribution in [2.24, 2.45) is 0 Å². The minimum Gasteiger partial charge on any atom is -0.298 e. The Kier molecular flexibility index (Phi) is 4.73. The van der Waals surface area contributed by atoms with Crippen LogP contribution in [0.2, 0.25) is 5.02 Å². The number of thiazole rings is 1. The van der Waals surface area contributed by atoms with E-state index >= 15 is 0 Å². The molecule has 0 atom stereocenters. The molecule has 0 aliphatic rings. The fraction of sp³-hybridized carbons (Fsp3) is 0. The van der Waals surface area contributed by atoms with Gasteiger partial charge < -0.3 is 0 Å². The molecule has 6 nitrogen and oxygen atoms in total. The van der Waals surface area contributed by atoms with E-state index in [2.05, 4.69) is 10.3 Å². The van der Waals surface area contributed by atoms with Gasteiger partial charge in [0.2, 0.25) is 0 Å². The van der Waals surface area contributed by atoms with Crippen molar-refractivity contribution >= 4 is 39.7 Å². The average Bonchev–Trinajstić information content (AvgIpc) is 3.05. The smallest absolute Gasteiger partial charge is 0.270 e. The molecule has 2 aromatic carbocycles. The van der Waals surface area contributed by atoms with Gasteiger partial charge in [-0.2, -0.15) is 0 Å². The Morgan fingerprint density at radius 2 is 2.08 bits per heavy atom. The number of nitro groups is 1. The molecule has 0 unspecified atom stereocenters. The maximum atomic E-state index is 13.7. The lowest BCUT2D eigenvalue weighted by molar-refractivity contribution is -0.384. The number of hydrogen-bond acceptors (Lipinski definition) is 5. The summed E-state index contributed by atoms with van der Waals surface area (Å²) in [4.78, 5) is 26.7. The Balaban J connectivity index is 1.82. The molecule has 0 radical (unpaired) electrons. The summed E-state index contributed by atoms with van der Waals surface area (Å²) in [5.74, 6) is -1.38. The van der Waals surface area contributed by atoms with Crippen molar-refractivity contribution in [3.8, 4) is 11.3 Å². The van der Waals surface area contributed by atoms with Crippen molar-refractivity contribution in [3.63, 3.8) is 0 Å². The van der Waals surface area contributed by atoms with Crippen molar-refractivity contribution < 1.29 is 14.1 Å². The van der Waals surface area contributed by atoms with E-state index in [-0.39, 0.29) is 21.4 Å². The summed E-state index contributed by atoms with van der Waals surface area (Å²) in [6.45, 7) is 0. The first-order chi connectivity index (χ1) is 11.9. The highest BCUT2D eigenvalue weighted by Crippen LogP contribution is 2.28. The number of benzene rings is 2. The molecule has 9 heteroatoms. The number of nitrogens with zero attached hydrogens (tertiary/aromatic N) is 2. The number of non-ortho nitro benzene ring substituents is 1. The van der Waals surface area contributed by atoms with E-state index in [0.29, 0.717) is 11.3 Å². The molecule has 0 spiro atoms. The van der Waals surface area contributed by atoms with E-state index < -0.39 is 16.6 Å². The molecule has 0 fully saturated rings. The Morgan fingerprint density at radius 3 is 2.84 bits per heavy atom. The standard InChI is InChI=1S/C16H9ClFN3O3S/c17-10-4-5-13(18)12(7-10)15(22)20-16-19-14(8-25-16)9-2-1-3-11(6-9)21(23)24/h1-8H,(H,19,20,22). The molecule has 0 saturated carbocycles. The maximum Gasteiger partial charge on any atom is 0.270 e. The van der Waals surface area contributed by atoms with E-state index in [1.807, 2.05) is 0 Å². The third-order valence-corrected chi connectivity index (χ3v) is 4.24. The first kappa shape index (κ1) is 17.0. The molecule has 3 aromatic rings. The first-order valence-corrected chi connectivity index (χ1v) is 8.16. The van der Waals surface area contributed by atoms with Crippen molar-refractivity contribution in [3.05, 3.63) is 74.4 Å². The van der Waals surface area contributed by atoms with Gasteiger partial charge in [-0.05, 0) is 18.2 Å². The van der Waals surface area contributed by atoms with Crippen LogP contribution in [0.25, 0.3) is 11.3 Å². The van der Waals surface area contributed by atoms with Crippen molar-refractivity contribution in [1.29, 1.82) is 0 Å². The Labute approximate surface area is 150 Å². The van der Waals surface area contributed by atoms with Gasteiger partial charge in [-0.25, -0.2) is 9.37 Å². The van der Waals surface area contributed by atoms with Crippen LogP contribution in [0.15, 0.2) is 47.8 Å². The first-order valence-electron chi connectivity index (χ1n) is 6.91. The van der Waals surface area contributed by atoms with Crippen molar-refractivity contribution in [2.75, 3.05) is 5.32 Å². The van der Waals surface area contributed by atoms with Crippen LogP contribution in [0.1, 0.15) is 10.4 Å². The number of anilines is 1. The fourth-order valence-corrected chi connectivity index (χ4v) is 2.97. The van der Waals surface area contributed by atoms with Gasteiger partial charge in [0.05, 0.1) is 16.2 Å². The Bertz CT molecular complexity index is 977. The highest BCUT2D eigenvalue weighted by Gasteiger charge is 2.15. The van der Waals surface area contributed by atoms with Crippen LogP contribution < -0.4 is 5.32 Å². The van der Waals surface area contributed by atoms with Gasteiger partial charge in [0.15, 0.2) is 5.13 Å². The largest absolute Gasteiger partial charge is 0.298 e. The summed E-state index contributed by atoms with van der Waals surface area (Å²) in [7, 11) is 0. The van der Waals surface area contributed by atoms with Crippen LogP contribution in [-0.4, -0.2) is 15.8 Å². The van der Waals surface area contributed by atoms with E-state index in [9.17, 15) is 19.3 Å². The molecule has 1 aromatic heterocycles. The number of carbonyl (C=O) groups is 1. The summed E-state index contributed by atoms with van der Waals surface area (Å²) >= 11 is 6.90. The van der Waals surface area contributed by atoms with Gasteiger partial charge in [0.1, 0.15) is 5.82 Å². The van der Waals surface area contributed by atoms with Crippen molar-refractivity contribution in [1.82, 2.24) is 4.98 Å². The summed E-state index contributed by atoms with van der Waals surface area (Å²) in [6.07, 6.45) is 0. The fourth-order valence-electron chi connectivity index (χ4n) is 2.08. The summed E-state index contributed by atoms with van der Waals surface area (Å²) in [5, 5.41) is 15.4. The number of halogens is 2. The second-order valence-corrected chi connectivity index (χ2v) is 6.22. The van der Waals surface area contributed by atoms with E-state index in [1.165, 1.54) is 24.3 Å². The van der Waals surface area contributed by atoms with Gasteiger partial charge >= 0.3 is 0 Å². The van der Waals surface area contributed by atoms with Crippen LogP contribution in [0.5, 0.6) is 0 Å². The monoisotopic (exact) mass is 377 g/mol. The molecule has 126 valence electrons. The number of aromatic nitrogens is 1. The molecule has 0 aliphatic heterocycles. The van der Waals surface area contributed by atoms with Gasteiger partial charge in [0, 0.05) is 28.1 Å². The normalized spacial score (nSPS) is 10.5. The minimum absolute atomic E-state index is 0.0583. The number of amides is 1. The predicted octanol–water partition coefficient (Wildman–Crippen LogP) is 4.76. The predicted molar refractivity (Wildman–Crippen MR) is 93.6 cm³/mol. The van der Waals surface area contributed by atoms with Gasteiger partial charge in [-0.3, -0.25) is 20.2 Å². The van der Waals surface area contributed by atoms with E-state index in [1.54, 1.807) is 17.5 Å². The summed E-state index contributed by atoms with van der Waals surface area (Å²) in [5.41, 5.74) is 0.757. The lowest BCUT2D eigenvalue weighted by atomic mass is 10.1. The molecule has 0 saturated heterocycles. The second-order valence-electron chi connectivity index (χ2n) is 4.92. The lowest BCUT2D eigenvalue weighted by Crippen LogP contribution is -2.13. The Hall–Kier alpha value is -2.84. The summed E-state index contributed by atoms with van der Waals surface area (Å²) in [6, 6.07) is 9.65. The van der Waals surface area contributed by atoms with E-state index in [4.69, 9.17) is 11.6 Å². The summed E-state index contributed by atoms with van der Waals surface area (Å²) < 4.78 is 13.7. The highest BCUT2D eigenvalue weighted by molar-refractivity contribution is 7.14. The zero-order valence-corrected chi connectivity index (χ0v) is 14.0. The second kappa shape index (κ2) is 6.96. The quantitative estimate of drug-likeness (QED) is 0.524. The lowest BCUT2D eigenvalue weighted by Gasteiger charge is -2.03.